The van der Waals surface area contributed by atoms with Crippen LogP contribution in [0.4, 0.5) is 0 Å². The second kappa shape index (κ2) is 6.71. The normalized spacial score (nSPS) is 12.0. The molecule has 0 radical (unpaired) electrons. The molecule has 1 unspecified atom stereocenters. The Labute approximate surface area is 133 Å². The van der Waals surface area contributed by atoms with Crippen LogP contribution in [0.25, 0.3) is 0 Å². The second-order valence-electron chi connectivity index (χ2n) is 5.13. The molecule has 0 heterocycles. The van der Waals surface area contributed by atoms with Crippen molar-refractivity contribution in [3.8, 4) is 11.5 Å². The molecule has 116 valence electrons. The van der Waals surface area contributed by atoms with E-state index in [1.54, 1.807) is 18.2 Å². The smallest absolute Gasteiger partial charge is 0.311 e. The van der Waals surface area contributed by atoms with Crippen molar-refractivity contribution in [1.82, 2.24) is 0 Å². The summed E-state index contributed by atoms with van der Waals surface area (Å²) in [4.78, 5) is 11.7. The van der Waals surface area contributed by atoms with Crippen molar-refractivity contribution in [2.45, 2.75) is 19.3 Å². The van der Waals surface area contributed by atoms with Crippen LogP contribution in [0.1, 0.15) is 22.6 Å². The van der Waals surface area contributed by atoms with E-state index in [4.69, 9.17) is 16.3 Å². The van der Waals surface area contributed by atoms with E-state index in [9.17, 15) is 15.0 Å². The van der Waals surface area contributed by atoms with Gasteiger partial charge in [0.1, 0.15) is 11.5 Å². The topological polar surface area (TPSA) is 66.8 Å². The predicted molar refractivity (Wildman–Crippen MR) is 84.9 cm³/mol. The van der Waals surface area contributed by atoms with Crippen LogP contribution in [0.3, 0.4) is 0 Å². The molecular formula is C17H17ClO4. The number of carbonyl (C=O) groups is 1. The minimum absolute atomic E-state index is 0.0228. The van der Waals surface area contributed by atoms with Gasteiger partial charge in [-0.3, -0.25) is 4.79 Å². The Morgan fingerprint density at radius 1 is 1.27 bits per heavy atom. The summed E-state index contributed by atoms with van der Waals surface area (Å²) < 4.78 is 5.28. The number of phenolic OH excluding ortho intramolecular Hbond substituents is 1. The largest absolute Gasteiger partial charge is 0.506 e. The van der Waals surface area contributed by atoms with Crippen molar-refractivity contribution in [2.24, 2.45) is 0 Å². The molecule has 0 aliphatic rings. The quantitative estimate of drug-likeness (QED) is 0.880. The van der Waals surface area contributed by atoms with Gasteiger partial charge in [0.15, 0.2) is 0 Å². The monoisotopic (exact) mass is 320 g/mol. The first-order valence-electron chi connectivity index (χ1n) is 6.77. The SMILES string of the molecule is COc1ccc(C)cc1C(Cc1ccc(O)c(Cl)c1)C(=O)O. The van der Waals surface area contributed by atoms with Gasteiger partial charge in [-0.15, -0.1) is 0 Å². The third-order valence-corrected chi connectivity index (χ3v) is 3.81. The van der Waals surface area contributed by atoms with E-state index in [0.29, 0.717) is 11.3 Å². The molecule has 2 aromatic carbocycles. The summed E-state index contributed by atoms with van der Waals surface area (Å²) in [5, 5.41) is 19.2. The molecule has 2 N–H and O–H groups in total. The van der Waals surface area contributed by atoms with Crippen LogP contribution in [0, 0.1) is 6.92 Å². The number of halogens is 1. The summed E-state index contributed by atoms with van der Waals surface area (Å²) in [5.74, 6) is -1.17. The lowest BCUT2D eigenvalue weighted by atomic mass is 9.90. The Balaban J connectivity index is 2.40. The minimum atomic E-state index is -0.937. The molecule has 0 saturated carbocycles. The third-order valence-electron chi connectivity index (χ3n) is 3.51. The maximum Gasteiger partial charge on any atom is 0.311 e. The van der Waals surface area contributed by atoms with Gasteiger partial charge in [0.25, 0.3) is 0 Å². The van der Waals surface area contributed by atoms with E-state index >= 15 is 0 Å². The Morgan fingerprint density at radius 2 is 2.00 bits per heavy atom. The number of rotatable bonds is 5. The van der Waals surface area contributed by atoms with Gasteiger partial charge in [0.2, 0.25) is 0 Å². The number of hydrogen-bond donors (Lipinski definition) is 2. The number of benzene rings is 2. The van der Waals surface area contributed by atoms with Gasteiger partial charge in [0.05, 0.1) is 18.1 Å². The van der Waals surface area contributed by atoms with Crippen LogP contribution in [0.2, 0.25) is 5.02 Å². The lowest BCUT2D eigenvalue weighted by Gasteiger charge is -2.17. The first kappa shape index (κ1) is 16.2. The number of aliphatic carboxylic acids is 1. The number of hydrogen-bond acceptors (Lipinski definition) is 3. The highest BCUT2D eigenvalue weighted by atomic mass is 35.5. The number of aryl methyl sites for hydroxylation is 1. The summed E-state index contributed by atoms with van der Waals surface area (Å²) in [7, 11) is 1.52. The van der Waals surface area contributed by atoms with Crippen molar-refractivity contribution in [2.75, 3.05) is 7.11 Å². The van der Waals surface area contributed by atoms with Gasteiger partial charge in [-0.05, 0) is 37.1 Å². The molecule has 22 heavy (non-hydrogen) atoms. The van der Waals surface area contributed by atoms with Gasteiger partial charge in [-0.2, -0.15) is 0 Å². The predicted octanol–water partition coefficient (Wildman–Crippen LogP) is 3.77. The van der Waals surface area contributed by atoms with E-state index in [-0.39, 0.29) is 17.2 Å². The van der Waals surface area contributed by atoms with Crippen molar-refractivity contribution < 1.29 is 19.7 Å². The average Bonchev–Trinajstić information content (AvgIpc) is 2.48. The Kier molecular flexibility index (Phi) is 4.93. The maximum absolute atomic E-state index is 11.7. The van der Waals surface area contributed by atoms with Gasteiger partial charge < -0.3 is 14.9 Å². The summed E-state index contributed by atoms with van der Waals surface area (Å²) in [6, 6.07) is 10.2. The molecular weight excluding hydrogens is 304 g/mol. The van der Waals surface area contributed by atoms with Crippen LogP contribution in [0.5, 0.6) is 11.5 Å². The first-order chi connectivity index (χ1) is 10.4. The first-order valence-corrected chi connectivity index (χ1v) is 7.15. The highest BCUT2D eigenvalue weighted by molar-refractivity contribution is 6.32. The van der Waals surface area contributed by atoms with E-state index in [0.717, 1.165) is 11.1 Å². The lowest BCUT2D eigenvalue weighted by Crippen LogP contribution is -2.15. The number of methoxy groups -OCH3 is 1. The zero-order chi connectivity index (χ0) is 16.3. The molecule has 0 aromatic heterocycles. The summed E-state index contributed by atoms with van der Waals surface area (Å²) in [6.07, 6.45) is 0.259. The zero-order valence-electron chi connectivity index (χ0n) is 12.3. The second-order valence-corrected chi connectivity index (χ2v) is 5.53. The fraction of sp³-hybridized carbons (Fsp3) is 0.235. The van der Waals surface area contributed by atoms with Crippen molar-refractivity contribution in [3.63, 3.8) is 0 Å². The molecule has 0 fully saturated rings. The Hall–Kier alpha value is -2.20. The zero-order valence-corrected chi connectivity index (χ0v) is 13.1. The van der Waals surface area contributed by atoms with E-state index < -0.39 is 11.9 Å². The van der Waals surface area contributed by atoms with Crippen molar-refractivity contribution in [1.29, 1.82) is 0 Å². The summed E-state index contributed by atoms with van der Waals surface area (Å²) in [6.45, 7) is 1.90. The Morgan fingerprint density at radius 3 is 2.59 bits per heavy atom. The third kappa shape index (κ3) is 3.52. The highest BCUT2D eigenvalue weighted by Crippen LogP contribution is 2.32. The maximum atomic E-state index is 11.7. The van der Waals surface area contributed by atoms with Crippen LogP contribution >= 0.6 is 11.6 Å². The van der Waals surface area contributed by atoms with Crippen LogP contribution in [-0.2, 0) is 11.2 Å². The fourth-order valence-corrected chi connectivity index (χ4v) is 2.57. The Bertz CT molecular complexity index is 697. The minimum Gasteiger partial charge on any atom is -0.506 e. The van der Waals surface area contributed by atoms with E-state index in [1.807, 2.05) is 19.1 Å². The lowest BCUT2D eigenvalue weighted by molar-refractivity contribution is -0.138. The molecule has 2 aromatic rings. The van der Waals surface area contributed by atoms with Crippen LogP contribution in [-0.4, -0.2) is 23.3 Å². The standard InChI is InChI=1S/C17H17ClO4/c1-10-3-6-16(22-2)12(7-10)13(17(20)21)8-11-4-5-15(19)14(18)9-11/h3-7,9,13,19H,8H2,1-2H3,(H,20,21). The molecule has 0 saturated heterocycles. The van der Waals surface area contributed by atoms with Gasteiger partial charge in [-0.25, -0.2) is 0 Å². The number of ether oxygens (including phenoxy) is 1. The number of carboxylic acids is 1. The number of phenols is 1. The summed E-state index contributed by atoms with van der Waals surface area (Å²) >= 11 is 5.88. The highest BCUT2D eigenvalue weighted by Gasteiger charge is 2.24. The van der Waals surface area contributed by atoms with Gasteiger partial charge in [0, 0.05) is 5.56 Å². The average molecular weight is 321 g/mol. The molecule has 4 nitrogen and oxygen atoms in total. The molecule has 1 atom stereocenters. The fourth-order valence-electron chi connectivity index (χ4n) is 2.37. The molecule has 0 bridgehead atoms. The number of aromatic hydroxyl groups is 1. The van der Waals surface area contributed by atoms with E-state index in [2.05, 4.69) is 0 Å². The van der Waals surface area contributed by atoms with Crippen molar-refractivity contribution in [3.05, 3.63) is 58.1 Å². The molecule has 2 rings (SSSR count). The molecule has 5 heteroatoms. The summed E-state index contributed by atoms with van der Waals surface area (Å²) in [5.41, 5.74) is 2.32. The molecule has 0 aliphatic carbocycles. The molecule has 0 spiro atoms. The van der Waals surface area contributed by atoms with Crippen LogP contribution in [0.15, 0.2) is 36.4 Å². The van der Waals surface area contributed by atoms with E-state index in [1.165, 1.54) is 13.2 Å². The van der Waals surface area contributed by atoms with Crippen LogP contribution < -0.4 is 4.74 Å². The van der Waals surface area contributed by atoms with Gasteiger partial charge >= 0.3 is 5.97 Å². The van der Waals surface area contributed by atoms with Crippen molar-refractivity contribution >= 4 is 17.6 Å². The van der Waals surface area contributed by atoms with Gasteiger partial charge in [-0.1, -0.05) is 35.4 Å². The molecule has 0 amide bonds. The molecule has 0 aliphatic heterocycles. The number of carboxylic acid groups (broad SMARTS) is 1.